The van der Waals surface area contributed by atoms with Gasteiger partial charge in [0.05, 0.1) is 21.3 Å². The van der Waals surface area contributed by atoms with Crippen LogP contribution >= 0.6 is 0 Å². The second-order valence-electron chi connectivity index (χ2n) is 9.78. The van der Waals surface area contributed by atoms with E-state index in [0.717, 1.165) is 24.0 Å². The Morgan fingerprint density at radius 2 is 1.27 bits per heavy atom. The fourth-order valence-corrected chi connectivity index (χ4v) is 4.18. The minimum absolute atomic E-state index is 0.0378. The summed E-state index contributed by atoms with van der Waals surface area (Å²) in [5, 5.41) is 5.66. The average molecular weight is 549 g/mol. The predicted molar refractivity (Wildman–Crippen MR) is 150 cm³/mol. The van der Waals surface area contributed by atoms with Crippen molar-refractivity contribution in [2.24, 2.45) is 0 Å². The van der Waals surface area contributed by atoms with Gasteiger partial charge >= 0.3 is 0 Å². The molecule has 2 heterocycles. The number of ether oxygens (including phenoxy) is 3. The maximum Gasteiger partial charge on any atom is 0.293 e. The van der Waals surface area contributed by atoms with Gasteiger partial charge in [-0.05, 0) is 87.1 Å². The Morgan fingerprint density at radius 1 is 0.800 bits per heavy atom. The molecule has 0 spiro atoms. The molecule has 0 radical (unpaired) electrons. The first-order valence-corrected chi connectivity index (χ1v) is 12.9. The van der Waals surface area contributed by atoms with E-state index in [-0.39, 0.29) is 23.1 Å². The lowest BCUT2D eigenvalue weighted by atomic mass is 9.97. The number of methoxy groups -OCH3 is 3. The number of hydrogen-bond donors (Lipinski definition) is 2. The van der Waals surface area contributed by atoms with E-state index in [1.807, 2.05) is 24.3 Å². The molecule has 10 heteroatoms. The van der Waals surface area contributed by atoms with Crippen molar-refractivity contribution in [2.75, 3.05) is 21.3 Å². The summed E-state index contributed by atoms with van der Waals surface area (Å²) in [5.74, 6) is -1.40. The summed E-state index contributed by atoms with van der Waals surface area (Å²) in [6.45, 7) is 3.12. The van der Waals surface area contributed by atoms with Crippen LogP contribution in [0.3, 0.4) is 0 Å². The molecule has 0 fully saturated rings. The van der Waals surface area contributed by atoms with Crippen LogP contribution in [0, 0.1) is 0 Å². The van der Waals surface area contributed by atoms with Crippen molar-refractivity contribution in [1.82, 2.24) is 20.6 Å². The first-order chi connectivity index (χ1) is 19.2. The number of carbonyl (C=O) groups excluding carboxylic acids is 3. The zero-order chi connectivity index (χ0) is 29.1. The Hall–Kier alpha value is -4.47. The lowest BCUT2D eigenvalue weighted by Gasteiger charge is -2.28. The molecular weight excluding hydrogens is 512 g/mol. The lowest BCUT2D eigenvalue weighted by molar-refractivity contribution is -0.131. The number of aryl methyl sites for hydroxylation is 2. The van der Waals surface area contributed by atoms with Gasteiger partial charge < -0.3 is 24.8 Å². The van der Waals surface area contributed by atoms with Gasteiger partial charge in [0.2, 0.25) is 17.4 Å². The Labute approximate surface area is 234 Å². The van der Waals surface area contributed by atoms with Gasteiger partial charge in [-0.3, -0.25) is 24.4 Å². The third kappa shape index (κ3) is 8.02. The van der Waals surface area contributed by atoms with Gasteiger partial charge in [0.25, 0.3) is 5.91 Å². The molecule has 0 aliphatic heterocycles. The van der Waals surface area contributed by atoms with E-state index < -0.39 is 23.1 Å². The monoisotopic (exact) mass is 548 g/mol. The summed E-state index contributed by atoms with van der Waals surface area (Å²) in [4.78, 5) is 47.5. The van der Waals surface area contributed by atoms with Crippen LogP contribution in [0.2, 0.25) is 0 Å². The highest BCUT2D eigenvalue weighted by molar-refractivity contribution is 6.43. The molecule has 3 rings (SSSR count). The van der Waals surface area contributed by atoms with E-state index in [0.29, 0.717) is 18.6 Å². The van der Waals surface area contributed by atoms with Crippen LogP contribution in [-0.4, -0.2) is 60.5 Å². The molecule has 2 N–H and O–H groups in total. The molecule has 0 saturated heterocycles. The van der Waals surface area contributed by atoms with Gasteiger partial charge in [-0.25, -0.2) is 0 Å². The number of nitrogens with one attached hydrogen (secondary N) is 2. The van der Waals surface area contributed by atoms with Gasteiger partial charge in [-0.2, -0.15) is 0 Å². The molecule has 0 atom stereocenters. The van der Waals surface area contributed by atoms with Crippen LogP contribution in [-0.2, 0) is 22.4 Å². The van der Waals surface area contributed by atoms with Crippen molar-refractivity contribution in [2.45, 2.75) is 51.1 Å². The predicted octanol–water partition coefficient (Wildman–Crippen LogP) is 3.33. The molecule has 40 heavy (non-hydrogen) atoms. The van der Waals surface area contributed by atoms with E-state index >= 15 is 0 Å². The zero-order valence-corrected chi connectivity index (χ0v) is 23.5. The number of nitrogens with zero attached hydrogens (tertiary/aromatic N) is 2. The Morgan fingerprint density at radius 3 is 1.70 bits per heavy atom. The van der Waals surface area contributed by atoms with Crippen molar-refractivity contribution in [3.8, 4) is 17.2 Å². The van der Waals surface area contributed by atoms with E-state index in [9.17, 15) is 14.4 Å². The Balaban J connectivity index is 1.70. The van der Waals surface area contributed by atoms with Gasteiger partial charge in [-0.15, -0.1) is 0 Å². The molecule has 0 aliphatic rings. The van der Waals surface area contributed by atoms with Crippen LogP contribution in [0.4, 0.5) is 0 Å². The van der Waals surface area contributed by atoms with Crippen molar-refractivity contribution >= 4 is 17.6 Å². The van der Waals surface area contributed by atoms with E-state index in [4.69, 9.17) is 14.2 Å². The molecule has 0 aliphatic carbocycles. The highest BCUT2D eigenvalue weighted by Crippen LogP contribution is 2.38. The first-order valence-electron chi connectivity index (χ1n) is 12.9. The van der Waals surface area contributed by atoms with Crippen LogP contribution in [0.25, 0.3) is 0 Å². The zero-order valence-electron chi connectivity index (χ0n) is 23.5. The van der Waals surface area contributed by atoms with E-state index in [1.54, 1.807) is 38.6 Å². The first kappa shape index (κ1) is 30.1. The fourth-order valence-electron chi connectivity index (χ4n) is 4.18. The molecule has 0 saturated carbocycles. The van der Waals surface area contributed by atoms with Crippen LogP contribution in [0.5, 0.6) is 17.2 Å². The van der Waals surface area contributed by atoms with Crippen molar-refractivity contribution in [3.63, 3.8) is 0 Å². The largest absolute Gasteiger partial charge is 0.493 e. The molecule has 3 aromatic rings. The summed E-state index contributed by atoms with van der Waals surface area (Å²) in [5.41, 5.74) is 0.901. The summed E-state index contributed by atoms with van der Waals surface area (Å²) in [6.07, 6.45) is 9.83. The highest BCUT2D eigenvalue weighted by Gasteiger charge is 2.33. The number of Topliss-reactive ketones (excluding diaryl/α,β-unsaturated/α-hetero) is 1. The number of pyridine rings is 2. The summed E-state index contributed by atoms with van der Waals surface area (Å²) in [6, 6.07) is 10.4. The molecule has 1 aromatic carbocycles. The number of carbonyl (C=O) groups is 3. The van der Waals surface area contributed by atoms with Crippen molar-refractivity contribution in [3.05, 3.63) is 77.9 Å². The Kier molecular flexibility index (Phi) is 10.6. The second kappa shape index (κ2) is 14.1. The number of hydrogen-bond acceptors (Lipinski definition) is 8. The van der Waals surface area contributed by atoms with Crippen LogP contribution in [0.1, 0.15) is 48.2 Å². The second-order valence-corrected chi connectivity index (χ2v) is 9.78. The quantitative estimate of drug-likeness (QED) is 0.232. The van der Waals surface area contributed by atoms with Gasteiger partial charge in [-0.1, -0.05) is 0 Å². The summed E-state index contributed by atoms with van der Waals surface area (Å²) >= 11 is 0. The van der Waals surface area contributed by atoms with Gasteiger partial charge in [0.1, 0.15) is 5.54 Å². The number of amides is 2. The Bertz CT molecular complexity index is 1230. The molecular formula is C30H36N4O6. The van der Waals surface area contributed by atoms with E-state index in [1.165, 1.54) is 33.5 Å². The van der Waals surface area contributed by atoms with Crippen molar-refractivity contribution in [1.29, 1.82) is 0 Å². The van der Waals surface area contributed by atoms with Crippen LogP contribution in [0.15, 0.2) is 61.2 Å². The average Bonchev–Trinajstić information content (AvgIpc) is 2.97. The number of ketones is 1. The maximum absolute atomic E-state index is 13.4. The maximum atomic E-state index is 13.4. The van der Waals surface area contributed by atoms with Gasteiger partial charge in [0, 0.05) is 36.4 Å². The lowest BCUT2D eigenvalue weighted by Crippen LogP contribution is -2.58. The minimum Gasteiger partial charge on any atom is -0.493 e. The number of aromatic nitrogens is 2. The highest BCUT2D eigenvalue weighted by atomic mass is 16.5. The standard InChI is InChI=1S/C30H36N4O6/c1-30(2,34-28(36)26(35)22-18-24(38-3)27(40-5)25(19-22)39-4)29(37)33-23(8-6-20-10-14-31-15-11-20)9-7-21-12-16-32-17-13-21/h10-19,23H,6-9H2,1-5H3,(H,33,37)(H,34,36). The van der Waals surface area contributed by atoms with Gasteiger partial charge in [0.15, 0.2) is 11.5 Å². The SMILES string of the molecule is COc1cc(C(=O)C(=O)NC(C)(C)C(=O)NC(CCc2ccncc2)CCc2ccncc2)cc(OC)c1OC. The number of benzene rings is 1. The smallest absolute Gasteiger partial charge is 0.293 e. The normalized spacial score (nSPS) is 11.1. The third-order valence-electron chi connectivity index (χ3n) is 6.52. The fraction of sp³-hybridized carbons (Fsp3) is 0.367. The van der Waals surface area contributed by atoms with Crippen LogP contribution < -0.4 is 24.8 Å². The summed E-state index contributed by atoms with van der Waals surface area (Å²) < 4.78 is 15.8. The molecule has 2 aromatic heterocycles. The molecule has 0 unspecified atom stereocenters. The molecule has 2 amide bonds. The van der Waals surface area contributed by atoms with Crippen molar-refractivity contribution < 1.29 is 28.6 Å². The summed E-state index contributed by atoms with van der Waals surface area (Å²) in [7, 11) is 4.27. The molecule has 212 valence electrons. The minimum atomic E-state index is -1.36. The third-order valence-corrected chi connectivity index (χ3v) is 6.52. The topological polar surface area (TPSA) is 129 Å². The molecule has 10 nitrogen and oxygen atoms in total. The number of rotatable bonds is 14. The molecule has 0 bridgehead atoms. The van der Waals surface area contributed by atoms with E-state index in [2.05, 4.69) is 20.6 Å².